The van der Waals surface area contributed by atoms with Gasteiger partial charge in [0, 0.05) is 19.8 Å². The van der Waals surface area contributed by atoms with Crippen LogP contribution in [-0.4, -0.2) is 37.5 Å². The van der Waals surface area contributed by atoms with Gasteiger partial charge >= 0.3 is 0 Å². The minimum absolute atomic E-state index is 0.300. The number of nitrogens with one attached hydrogen (secondary N) is 1. The Morgan fingerprint density at radius 1 is 0.969 bits per heavy atom. The third-order valence-corrected chi connectivity index (χ3v) is 5.83. The van der Waals surface area contributed by atoms with Crippen LogP contribution in [0.2, 0.25) is 0 Å². The Bertz CT molecular complexity index is 921. The van der Waals surface area contributed by atoms with Crippen LogP contribution >= 0.6 is 0 Å². The number of carbonyl (C=O) groups excluding carboxylic acids is 3. The molecule has 0 radical (unpaired) electrons. The minimum atomic E-state index is -0.409. The van der Waals surface area contributed by atoms with Crippen LogP contribution in [0.4, 0.5) is 5.69 Å². The molecule has 1 aliphatic heterocycles. The molecule has 0 aliphatic carbocycles. The summed E-state index contributed by atoms with van der Waals surface area (Å²) in [5.41, 5.74) is 1.31. The lowest BCUT2D eigenvalue weighted by Crippen LogP contribution is -2.33. The predicted molar refractivity (Wildman–Crippen MR) is 125 cm³/mol. The highest BCUT2D eigenvalue weighted by atomic mass is 16.5. The van der Waals surface area contributed by atoms with Gasteiger partial charge in [0.25, 0.3) is 17.7 Å². The number of para-hydroxylation sites is 1. The molecule has 3 amide bonds. The highest BCUT2D eigenvalue weighted by molar-refractivity contribution is 6.35. The number of carbonyl (C=O) groups is 3. The molecule has 1 heterocycles. The van der Waals surface area contributed by atoms with E-state index in [1.165, 1.54) is 19.3 Å². The molecule has 3 rings (SSSR count). The smallest absolute Gasteiger partial charge is 0.266 e. The molecule has 0 fully saturated rings. The number of ether oxygens (including phenoxy) is 1. The molecule has 6 nitrogen and oxygen atoms in total. The van der Waals surface area contributed by atoms with Crippen molar-refractivity contribution in [3.63, 3.8) is 0 Å². The Kier molecular flexibility index (Phi) is 8.56. The zero-order valence-electron chi connectivity index (χ0n) is 18.9. The van der Waals surface area contributed by atoms with Gasteiger partial charge in [0.05, 0.1) is 22.4 Å². The highest BCUT2D eigenvalue weighted by Crippen LogP contribution is 2.30. The van der Waals surface area contributed by atoms with Gasteiger partial charge in [-0.25, -0.2) is 4.90 Å². The van der Waals surface area contributed by atoms with Gasteiger partial charge in [-0.15, -0.1) is 0 Å². The number of nitrogens with zero attached hydrogens (tertiary/aromatic N) is 1. The van der Waals surface area contributed by atoms with Crippen LogP contribution in [0.15, 0.2) is 48.5 Å². The second kappa shape index (κ2) is 11.6. The van der Waals surface area contributed by atoms with Crippen LogP contribution in [0, 0.1) is 5.92 Å². The Balaban J connectivity index is 1.55. The molecule has 0 bridgehead atoms. The molecule has 1 aliphatic rings. The van der Waals surface area contributed by atoms with E-state index in [1.807, 2.05) is 0 Å². The predicted octanol–water partition coefficient (Wildman–Crippen LogP) is 4.84. The first kappa shape index (κ1) is 23.7. The summed E-state index contributed by atoms with van der Waals surface area (Å²) in [5.74, 6) is -0.539. The highest BCUT2D eigenvalue weighted by Gasteiger charge is 2.37. The van der Waals surface area contributed by atoms with Gasteiger partial charge in [-0.2, -0.15) is 0 Å². The van der Waals surface area contributed by atoms with Crippen LogP contribution in [0.5, 0.6) is 0 Å². The van der Waals surface area contributed by atoms with E-state index in [0.29, 0.717) is 47.9 Å². The first-order valence-corrected chi connectivity index (χ1v) is 11.5. The third kappa shape index (κ3) is 5.43. The fourth-order valence-electron chi connectivity index (χ4n) is 3.89. The largest absolute Gasteiger partial charge is 0.381 e. The molecule has 0 spiro atoms. The summed E-state index contributed by atoms with van der Waals surface area (Å²) in [6.45, 7) is 6.19. The first-order chi connectivity index (χ1) is 15.6. The molecule has 1 atom stereocenters. The molecule has 0 saturated carbocycles. The van der Waals surface area contributed by atoms with E-state index in [4.69, 9.17) is 4.74 Å². The molecule has 170 valence electrons. The van der Waals surface area contributed by atoms with E-state index in [1.54, 1.807) is 48.5 Å². The standard InChI is InChI=1S/C26H32N2O4/c1-3-5-11-19(4-2)18-32-17-10-16-27-24(29)22-14-8-9-15-23(22)28-25(30)20-12-6-7-13-21(20)26(28)31/h6-9,12-15,19H,3-5,10-11,16-18H2,1-2H3,(H,27,29). The van der Waals surface area contributed by atoms with Crippen molar-refractivity contribution in [2.45, 2.75) is 46.0 Å². The molecule has 1 N–H and O–H groups in total. The van der Waals surface area contributed by atoms with Crippen molar-refractivity contribution in [2.75, 3.05) is 24.7 Å². The lowest BCUT2D eigenvalue weighted by Gasteiger charge is -2.18. The van der Waals surface area contributed by atoms with Gasteiger partial charge in [0.2, 0.25) is 0 Å². The number of hydrogen-bond donors (Lipinski definition) is 1. The first-order valence-electron chi connectivity index (χ1n) is 11.5. The molecular formula is C26H32N2O4. The maximum atomic E-state index is 12.8. The lowest BCUT2D eigenvalue weighted by atomic mass is 10.0. The summed E-state index contributed by atoms with van der Waals surface area (Å²) in [5, 5.41) is 2.88. The molecule has 2 aromatic carbocycles. The fourth-order valence-corrected chi connectivity index (χ4v) is 3.89. The fraction of sp³-hybridized carbons (Fsp3) is 0.423. The summed E-state index contributed by atoms with van der Waals surface area (Å²) in [6, 6.07) is 13.4. The number of anilines is 1. The summed E-state index contributed by atoms with van der Waals surface area (Å²) >= 11 is 0. The Morgan fingerprint density at radius 3 is 2.28 bits per heavy atom. The van der Waals surface area contributed by atoms with Gasteiger partial charge in [0.15, 0.2) is 0 Å². The third-order valence-electron chi connectivity index (χ3n) is 5.83. The van der Waals surface area contributed by atoms with Crippen molar-refractivity contribution < 1.29 is 19.1 Å². The monoisotopic (exact) mass is 436 g/mol. The van der Waals surface area contributed by atoms with Gasteiger partial charge in [-0.05, 0) is 43.0 Å². The van der Waals surface area contributed by atoms with Gasteiger partial charge < -0.3 is 10.1 Å². The van der Waals surface area contributed by atoms with Gasteiger partial charge in [-0.3, -0.25) is 14.4 Å². The quantitative estimate of drug-likeness (QED) is 0.382. The van der Waals surface area contributed by atoms with E-state index >= 15 is 0 Å². The van der Waals surface area contributed by atoms with Crippen molar-refractivity contribution >= 4 is 23.4 Å². The Labute approximate surface area is 189 Å². The average Bonchev–Trinajstić information content (AvgIpc) is 3.08. The second-order valence-electron chi connectivity index (χ2n) is 8.11. The number of rotatable bonds is 12. The number of hydrogen-bond acceptors (Lipinski definition) is 4. The summed E-state index contributed by atoms with van der Waals surface area (Å²) in [6.07, 6.45) is 5.43. The Hall–Kier alpha value is -2.99. The zero-order valence-corrected chi connectivity index (χ0v) is 18.9. The molecule has 2 aromatic rings. The number of unbranched alkanes of at least 4 members (excludes halogenated alkanes) is 1. The van der Waals surface area contributed by atoms with E-state index in [2.05, 4.69) is 19.2 Å². The van der Waals surface area contributed by atoms with E-state index in [-0.39, 0.29) is 5.91 Å². The second-order valence-corrected chi connectivity index (χ2v) is 8.11. The maximum Gasteiger partial charge on any atom is 0.266 e. The average molecular weight is 437 g/mol. The van der Waals surface area contributed by atoms with E-state index in [9.17, 15) is 14.4 Å². The van der Waals surface area contributed by atoms with Gasteiger partial charge in [-0.1, -0.05) is 57.4 Å². The molecule has 0 aromatic heterocycles. The molecular weight excluding hydrogens is 404 g/mol. The van der Waals surface area contributed by atoms with Crippen molar-refractivity contribution in [3.8, 4) is 0 Å². The number of amides is 3. The van der Waals surface area contributed by atoms with Gasteiger partial charge in [0.1, 0.15) is 0 Å². The zero-order chi connectivity index (χ0) is 22.9. The molecule has 0 saturated heterocycles. The van der Waals surface area contributed by atoms with Crippen LogP contribution in [0.1, 0.15) is 77.0 Å². The number of fused-ring (bicyclic) bond motifs is 1. The van der Waals surface area contributed by atoms with Crippen LogP contribution in [-0.2, 0) is 4.74 Å². The summed E-state index contributed by atoms with van der Waals surface area (Å²) in [4.78, 5) is 39.5. The van der Waals surface area contributed by atoms with Crippen molar-refractivity contribution in [3.05, 3.63) is 65.2 Å². The molecule has 1 unspecified atom stereocenters. The lowest BCUT2D eigenvalue weighted by molar-refractivity contribution is 0.0876. The van der Waals surface area contributed by atoms with Crippen molar-refractivity contribution in [1.29, 1.82) is 0 Å². The van der Waals surface area contributed by atoms with E-state index in [0.717, 1.165) is 17.9 Å². The van der Waals surface area contributed by atoms with Crippen LogP contribution < -0.4 is 10.2 Å². The maximum absolute atomic E-state index is 12.8. The van der Waals surface area contributed by atoms with E-state index < -0.39 is 11.8 Å². The summed E-state index contributed by atoms with van der Waals surface area (Å²) in [7, 11) is 0. The molecule has 32 heavy (non-hydrogen) atoms. The number of benzene rings is 2. The summed E-state index contributed by atoms with van der Waals surface area (Å²) < 4.78 is 5.79. The van der Waals surface area contributed by atoms with Crippen LogP contribution in [0.25, 0.3) is 0 Å². The van der Waals surface area contributed by atoms with Crippen molar-refractivity contribution in [2.24, 2.45) is 5.92 Å². The molecule has 6 heteroatoms. The Morgan fingerprint density at radius 2 is 1.62 bits per heavy atom. The van der Waals surface area contributed by atoms with Crippen LogP contribution in [0.3, 0.4) is 0 Å². The topological polar surface area (TPSA) is 75.7 Å². The minimum Gasteiger partial charge on any atom is -0.381 e. The van der Waals surface area contributed by atoms with Crippen molar-refractivity contribution in [1.82, 2.24) is 5.32 Å². The normalized spacial score (nSPS) is 13.9. The SMILES string of the molecule is CCCCC(CC)COCCCNC(=O)c1ccccc1N1C(=O)c2ccccc2C1=O. The number of imide groups is 1.